The van der Waals surface area contributed by atoms with Crippen LogP contribution in [0.2, 0.25) is 0 Å². The number of H-pyrrole nitrogens is 1. The molecule has 1 aliphatic heterocycles. The second kappa shape index (κ2) is 7.40. The molecule has 0 spiro atoms. The van der Waals surface area contributed by atoms with Gasteiger partial charge in [0, 0.05) is 50.7 Å². The number of piperidine rings is 1. The van der Waals surface area contributed by atoms with Gasteiger partial charge in [0.2, 0.25) is 5.91 Å². The molecule has 6 heteroatoms. The predicted molar refractivity (Wildman–Crippen MR) is 103 cm³/mol. The number of carbonyl (C=O) groups is 2. The van der Waals surface area contributed by atoms with Crippen LogP contribution >= 0.6 is 0 Å². The highest BCUT2D eigenvalue weighted by Gasteiger charge is 2.27. The van der Waals surface area contributed by atoms with Gasteiger partial charge in [-0.25, -0.2) is 4.79 Å². The van der Waals surface area contributed by atoms with E-state index in [2.05, 4.69) is 36.3 Å². The summed E-state index contributed by atoms with van der Waals surface area (Å²) in [4.78, 5) is 31.0. The Morgan fingerprint density at radius 3 is 2.81 bits per heavy atom. The Balaban J connectivity index is 1.63. The Kier molecular flexibility index (Phi) is 5.20. The topological polar surface area (TPSA) is 68.4 Å². The van der Waals surface area contributed by atoms with Crippen LogP contribution in [0.4, 0.5) is 4.79 Å². The molecule has 6 nitrogen and oxygen atoms in total. The van der Waals surface area contributed by atoms with Gasteiger partial charge >= 0.3 is 6.03 Å². The zero-order valence-electron chi connectivity index (χ0n) is 16.1. The van der Waals surface area contributed by atoms with E-state index in [1.54, 1.807) is 11.8 Å². The average molecular weight is 356 g/mol. The number of hydrogen-bond donors (Lipinski definition) is 2. The highest BCUT2D eigenvalue weighted by molar-refractivity contribution is 5.84. The molecular weight excluding hydrogens is 328 g/mol. The van der Waals surface area contributed by atoms with E-state index in [1.807, 2.05) is 18.1 Å². The molecule has 0 saturated carbocycles. The molecule has 0 bridgehead atoms. The molecule has 26 heavy (non-hydrogen) atoms. The number of rotatable bonds is 3. The molecule has 1 aromatic heterocycles. The summed E-state index contributed by atoms with van der Waals surface area (Å²) < 4.78 is 0. The minimum absolute atomic E-state index is 0.0716. The second-order valence-corrected chi connectivity index (χ2v) is 7.33. The minimum atomic E-state index is -0.0948. The van der Waals surface area contributed by atoms with Crippen molar-refractivity contribution in [3.05, 3.63) is 35.0 Å². The van der Waals surface area contributed by atoms with Crippen molar-refractivity contribution in [2.24, 2.45) is 0 Å². The van der Waals surface area contributed by atoms with E-state index in [9.17, 15) is 9.59 Å². The van der Waals surface area contributed by atoms with Crippen LogP contribution in [0.1, 0.15) is 36.5 Å². The molecule has 1 atom stereocenters. The summed E-state index contributed by atoms with van der Waals surface area (Å²) in [7, 11) is 1.81. The minimum Gasteiger partial charge on any atom is -0.361 e. The Morgan fingerprint density at radius 1 is 1.31 bits per heavy atom. The normalized spacial score (nSPS) is 17.4. The molecule has 140 valence electrons. The first-order valence-corrected chi connectivity index (χ1v) is 9.20. The Labute approximate surface area is 154 Å². The zero-order chi connectivity index (χ0) is 18.8. The summed E-state index contributed by atoms with van der Waals surface area (Å²) >= 11 is 0. The molecule has 1 fully saturated rings. The Bertz CT molecular complexity index is 827. The number of nitrogens with one attached hydrogen (secondary N) is 2. The van der Waals surface area contributed by atoms with Gasteiger partial charge in [-0.2, -0.15) is 0 Å². The monoisotopic (exact) mass is 356 g/mol. The number of amides is 3. The maximum atomic E-state index is 12.6. The molecule has 0 radical (unpaired) electrons. The predicted octanol–water partition coefficient (Wildman–Crippen LogP) is 2.94. The molecule has 2 heterocycles. The number of aryl methyl sites for hydroxylation is 2. The fraction of sp³-hybridized carbons (Fsp3) is 0.500. The fourth-order valence-corrected chi connectivity index (χ4v) is 3.67. The maximum absolute atomic E-state index is 12.6. The van der Waals surface area contributed by atoms with Gasteiger partial charge in [-0.3, -0.25) is 4.79 Å². The van der Waals surface area contributed by atoms with Gasteiger partial charge < -0.3 is 20.1 Å². The number of urea groups is 1. The number of carbonyl (C=O) groups excluding carboxylic acids is 2. The van der Waals surface area contributed by atoms with Gasteiger partial charge in [-0.05, 0) is 55.5 Å². The standard InChI is InChI=1S/C20H28N4O2/c1-13-8-18-14(2)10-21-19(18)9-16(13)11-22-20(26)23(4)17-6-5-7-24(12-17)15(3)25/h8-10,17,21H,5-7,11-12H2,1-4H3,(H,22,26)/t17-/m1/s1. The van der Waals surface area contributed by atoms with E-state index >= 15 is 0 Å². The molecule has 0 unspecified atom stereocenters. The number of aromatic nitrogens is 1. The van der Waals surface area contributed by atoms with Crippen molar-refractivity contribution in [3.63, 3.8) is 0 Å². The van der Waals surface area contributed by atoms with Crippen molar-refractivity contribution >= 4 is 22.8 Å². The van der Waals surface area contributed by atoms with E-state index in [4.69, 9.17) is 0 Å². The van der Waals surface area contributed by atoms with Gasteiger partial charge in [0.15, 0.2) is 0 Å². The van der Waals surface area contributed by atoms with Crippen molar-refractivity contribution in [1.29, 1.82) is 0 Å². The number of likely N-dealkylation sites (tertiary alicyclic amines) is 1. The maximum Gasteiger partial charge on any atom is 0.317 e. The lowest BCUT2D eigenvalue weighted by atomic mass is 10.0. The lowest BCUT2D eigenvalue weighted by molar-refractivity contribution is -0.130. The van der Waals surface area contributed by atoms with Crippen molar-refractivity contribution in [3.8, 4) is 0 Å². The molecule has 3 amide bonds. The first-order valence-electron chi connectivity index (χ1n) is 9.20. The largest absolute Gasteiger partial charge is 0.361 e. The number of likely N-dealkylation sites (N-methyl/N-ethyl adjacent to an activating group) is 1. The van der Waals surface area contributed by atoms with E-state index in [1.165, 1.54) is 16.5 Å². The third-order valence-corrected chi connectivity index (χ3v) is 5.49. The quantitative estimate of drug-likeness (QED) is 0.888. The zero-order valence-corrected chi connectivity index (χ0v) is 16.1. The summed E-state index contributed by atoms with van der Waals surface area (Å²) in [6.45, 7) is 7.64. The summed E-state index contributed by atoms with van der Waals surface area (Å²) in [5.74, 6) is 0.0775. The van der Waals surface area contributed by atoms with Crippen LogP contribution in [0.25, 0.3) is 10.9 Å². The number of nitrogens with zero attached hydrogens (tertiary/aromatic N) is 2. The van der Waals surface area contributed by atoms with Crippen LogP contribution in [0.5, 0.6) is 0 Å². The van der Waals surface area contributed by atoms with E-state index in [0.29, 0.717) is 13.1 Å². The van der Waals surface area contributed by atoms with Crippen LogP contribution < -0.4 is 5.32 Å². The Hall–Kier alpha value is -2.50. The van der Waals surface area contributed by atoms with Gasteiger partial charge in [0.25, 0.3) is 0 Å². The molecule has 1 aromatic carbocycles. The number of fused-ring (bicyclic) bond motifs is 1. The van der Waals surface area contributed by atoms with Crippen LogP contribution in [-0.2, 0) is 11.3 Å². The SMILES string of the molecule is CC(=O)N1CCC[C@@H](N(C)C(=O)NCc2cc3[nH]cc(C)c3cc2C)C1. The van der Waals surface area contributed by atoms with Gasteiger partial charge in [0.1, 0.15) is 0 Å². The van der Waals surface area contributed by atoms with Crippen molar-refractivity contribution in [1.82, 2.24) is 20.1 Å². The molecule has 0 aliphatic carbocycles. The van der Waals surface area contributed by atoms with E-state index < -0.39 is 0 Å². The van der Waals surface area contributed by atoms with Crippen LogP contribution in [-0.4, -0.2) is 52.9 Å². The summed E-state index contributed by atoms with van der Waals surface area (Å²) in [5.41, 5.74) is 4.60. The van der Waals surface area contributed by atoms with Gasteiger partial charge in [-0.1, -0.05) is 0 Å². The van der Waals surface area contributed by atoms with Gasteiger partial charge in [-0.15, -0.1) is 0 Å². The fourth-order valence-electron chi connectivity index (χ4n) is 3.67. The molecule has 1 saturated heterocycles. The molecule has 3 rings (SSSR count). The number of hydrogen-bond acceptors (Lipinski definition) is 2. The second-order valence-electron chi connectivity index (χ2n) is 7.33. The van der Waals surface area contributed by atoms with Crippen LogP contribution in [0.3, 0.4) is 0 Å². The average Bonchev–Trinajstić information content (AvgIpc) is 2.99. The molecule has 2 N–H and O–H groups in total. The number of benzene rings is 1. The smallest absolute Gasteiger partial charge is 0.317 e. The van der Waals surface area contributed by atoms with E-state index in [-0.39, 0.29) is 18.0 Å². The highest BCUT2D eigenvalue weighted by atomic mass is 16.2. The number of aromatic amines is 1. The van der Waals surface area contributed by atoms with E-state index in [0.717, 1.165) is 30.5 Å². The molecular formula is C20H28N4O2. The lowest BCUT2D eigenvalue weighted by Crippen LogP contribution is -2.52. The third kappa shape index (κ3) is 3.69. The summed E-state index contributed by atoms with van der Waals surface area (Å²) in [6.07, 6.45) is 3.87. The van der Waals surface area contributed by atoms with Crippen LogP contribution in [0.15, 0.2) is 18.3 Å². The summed E-state index contributed by atoms with van der Waals surface area (Å²) in [5, 5.41) is 4.25. The van der Waals surface area contributed by atoms with Crippen molar-refractivity contribution in [2.45, 2.75) is 46.2 Å². The van der Waals surface area contributed by atoms with Crippen molar-refractivity contribution < 1.29 is 9.59 Å². The van der Waals surface area contributed by atoms with Crippen molar-refractivity contribution in [2.75, 3.05) is 20.1 Å². The van der Waals surface area contributed by atoms with Gasteiger partial charge in [0.05, 0.1) is 6.04 Å². The Morgan fingerprint density at radius 2 is 2.08 bits per heavy atom. The molecule has 2 aromatic rings. The lowest BCUT2D eigenvalue weighted by Gasteiger charge is -2.37. The third-order valence-electron chi connectivity index (χ3n) is 5.49. The first-order chi connectivity index (χ1) is 12.4. The first kappa shape index (κ1) is 18.3. The highest BCUT2D eigenvalue weighted by Crippen LogP contribution is 2.22. The molecule has 1 aliphatic rings. The summed E-state index contributed by atoms with van der Waals surface area (Å²) in [6, 6.07) is 4.25. The van der Waals surface area contributed by atoms with Crippen LogP contribution in [0, 0.1) is 13.8 Å².